The van der Waals surface area contributed by atoms with Gasteiger partial charge in [-0.25, -0.2) is 0 Å². The smallest absolute Gasteiger partial charge is 0.305 e. The quantitative estimate of drug-likeness (QED) is 0.491. The standard InChI is InChI=1S/C7H12NO3P/c1-4-10-12(9,11-5-2)7(3)6-8/h3-5H2,1-2H3. The van der Waals surface area contributed by atoms with E-state index >= 15 is 0 Å². The first-order valence-corrected chi connectivity index (χ1v) is 5.13. The van der Waals surface area contributed by atoms with E-state index in [1.54, 1.807) is 19.9 Å². The number of nitrogens with zero attached hydrogens (tertiary/aromatic N) is 1. The van der Waals surface area contributed by atoms with Gasteiger partial charge in [0, 0.05) is 0 Å². The van der Waals surface area contributed by atoms with Crippen LogP contribution in [0.2, 0.25) is 0 Å². The lowest BCUT2D eigenvalue weighted by atomic mass is 10.7. The normalized spacial score (nSPS) is 10.8. The zero-order chi connectivity index (χ0) is 9.61. The average molecular weight is 189 g/mol. The molecular weight excluding hydrogens is 177 g/mol. The Morgan fingerprint density at radius 2 is 1.92 bits per heavy atom. The summed E-state index contributed by atoms with van der Waals surface area (Å²) in [6, 6.07) is 1.67. The van der Waals surface area contributed by atoms with Crippen molar-refractivity contribution in [3.05, 3.63) is 11.9 Å². The average Bonchev–Trinajstić information content (AvgIpc) is 2.04. The Kier molecular flexibility index (Phi) is 4.84. The van der Waals surface area contributed by atoms with Crippen LogP contribution in [0.5, 0.6) is 0 Å². The van der Waals surface area contributed by atoms with Gasteiger partial charge < -0.3 is 9.05 Å². The summed E-state index contributed by atoms with van der Waals surface area (Å²) in [5.41, 5.74) is 0. The van der Waals surface area contributed by atoms with Crippen molar-refractivity contribution in [1.82, 2.24) is 0 Å². The van der Waals surface area contributed by atoms with Gasteiger partial charge in [-0.3, -0.25) is 4.57 Å². The molecular formula is C7H12NO3P. The largest absolute Gasteiger partial charge is 0.371 e. The summed E-state index contributed by atoms with van der Waals surface area (Å²) in [6.45, 7) is 7.13. The molecule has 0 bridgehead atoms. The molecule has 0 fully saturated rings. The van der Waals surface area contributed by atoms with Gasteiger partial charge in [0.05, 0.1) is 13.2 Å². The Bertz CT molecular complexity index is 234. The topological polar surface area (TPSA) is 59.3 Å². The van der Waals surface area contributed by atoms with Crippen LogP contribution in [-0.2, 0) is 13.6 Å². The third-order valence-electron chi connectivity index (χ3n) is 1.06. The molecule has 0 atom stereocenters. The Balaban J connectivity index is 4.52. The number of allylic oxidation sites excluding steroid dienone is 1. The first-order chi connectivity index (χ1) is 5.60. The molecule has 0 aromatic heterocycles. The van der Waals surface area contributed by atoms with Crippen molar-refractivity contribution in [2.45, 2.75) is 13.8 Å². The van der Waals surface area contributed by atoms with Gasteiger partial charge in [0.15, 0.2) is 0 Å². The van der Waals surface area contributed by atoms with Crippen molar-refractivity contribution in [2.24, 2.45) is 0 Å². The minimum atomic E-state index is -3.37. The monoisotopic (exact) mass is 189 g/mol. The molecule has 68 valence electrons. The van der Waals surface area contributed by atoms with E-state index in [-0.39, 0.29) is 18.5 Å². The molecule has 0 spiro atoms. The van der Waals surface area contributed by atoms with Gasteiger partial charge in [0.2, 0.25) is 0 Å². The third-order valence-corrected chi connectivity index (χ3v) is 3.02. The van der Waals surface area contributed by atoms with Crippen LogP contribution in [0.25, 0.3) is 0 Å². The van der Waals surface area contributed by atoms with Crippen molar-refractivity contribution in [1.29, 1.82) is 5.26 Å². The molecule has 0 aliphatic carbocycles. The molecule has 0 rings (SSSR count). The number of nitriles is 1. The zero-order valence-corrected chi connectivity index (χ0v) is 8.13. The molecule has 0 unspecified atom stereocenters. The van der Waals surface area contributed by atoms with Crippen LogP contribution in [0, 0.1) is 11.3 Å². The molecule has 0 aliphatic heterocycles. The predicted octanol–water partition coefficient (Wildman–Crippen LogP) is 2.29. The third kappa shape index (κ3) is 2.78. The highest BCUT2D eigenvalue weighted by Gasteiger charge is 2.27. The molecule has 4 nitrogen and oxygen atoms in total. The van der Waals surface area contributed by atoms with Crippen LogP contribution in [0.3, 0.4) is 0 Å². The van der Waals surface area contributed by atoms with E-state index in [0.29, 0.717) is 0 Å². The summed E-state index contributed by atoms with van der Waals surface area (Å²) in [7, 11) is -3.37. The maximum Gasteiger partial charge on any atom is 0.371 e. The van der Waals surface area contributed by atoms with Gasteiger partial charge >= 0.3 is 7.60 Å². The molecule has 0 aromatic carbocycles. The maximum absolute atomic E-state index is 11.6. The van der Waals surface area contributed by atoms with Gasteiger partial charge in [-0.1, -0.05) is 6.58 Å². The number of rotatable bonds is 5. The van der Waals surface area contributed by atoms with Crippen molar-refractivity contribution in [2.75, 3.05) is 13.2 Å². The summed E-state index contributed by atoms with van der Waals surface area (Å²) >= 11 is 0. The summed E-state index contributed by atoms with van der Waals surface area (Å²) in [6.07, 6.45) is 0. The fourth-order valence-electron chi connectivity index (χ4n) is 0.594. The maximum atomic E-state index is 11.6. The molecule has 12 heavy (non-hydrogen) atoms. The number of hydrogen-bond acceptors (Lipinski definition) is 4. The molecule has 5 heteroatoms. The first kappa shape index (κ1) is 11.4. The Labute approximate surface area is 72.3 Å². The lowest BCUT2D eigenvalue weighted by Crippen LogP contribution is -1.96. The lowest BCUT2D eigenvalue weighted by Gasteiger charge is -2.14. The van der Waals surface area contributed by atoms with Gasteiger partial charge in [0.25, 0.3) is 0 Å². The zero-order valence-electron chi connectivity index (χ0n) is 7.24. The lowest BCUT2D eigenvalue weighted by molar-refractivity contribution is 0.227. The predicted molar refractivity (Wildman–Crippen MR) is 45.6 cm³/mol. The molecule has 0 saturated carbocycles. The van der Waals surface area contributed by atoms with Crippen molar-refractivity contribution < 1.29 is 13.6 Å². The van der Waals surface area contributed by atoms with Crippen molar-refractivity contribution in [3.63, 3.8) is 0 Å². The summed E-state index contributed by atoms with van der Waals surface area (Å²) in [5, 5.41) is 8.29. The second kappa shape index (κ2) is 5.10. The Morgan fingerprint density at radius 3 is 2.17 bits per heavy atom. The minimum absolute atomic E-state index is 0.147. The Hall–Kier alpha value is -0.620. The second-order valence-electron chi connectivity index (χ2n) is 1.89. The number of hydrogen-bond donors (Lipinski definition) is 0. The van der Waals surface area contributed by atoms with E-state index in [0.717, 1.165) is 0 Å². The fraction of sp³-hybridized carbons (Fsp3) is 0.571. The summed E-state index contributed by atoms with van der Waals surface area (Å²) in [4.78, 5) is 0. The van der Waals surface area contributed by atoms with Crippen LogP contribution in [0.15, 0.2) is 11.9 Å². The highest BCUT2D eigenvalue weighted by molar-refractivity contribution is 7.58. The SMILES string of the molecule is C=C(C#N)P(=O)(OCC)OCC. The van der Waals surface area contributed by atoms with Crippen LogP contribution in [-0.4, -0.2) is 13.2 Å². The van der Waals surface area contributed by atoms with Gasteiger partial charge in [-0.15, -0.1) is 0 Å². The Morgan fingerprint density at radius 1 is 1.50 bits per heavy atom. The van der Waals surface area contributed by atoms with E-state index in [9.17, 15) is 4.57 Å². The molecule has 0 aliphatic rings. The molecule has 0 amide bonds. The van der Waals surface area contributed by atoms with Crippen LogP contribution >= 0.6 is 7.60 Å². The van der Waals surface area contributed by atoms with E-state index in [4.69, 9.17) is 14.3 Å². The molecule has 0 saturated heterocycles. The van der Waals surface area contributed by atoms with Crippen LogP contribution in [0.4, 0.5) is 0 Å². The molecule has 0 aromatic rings. The van der Waals surface area contributed by atoms with Crippen molar-refractivity contribution >= 4 is 7.60 Å². The van der Waals surface area contributed by atoms with Gasteiger partial charge in [-0.05, 0) is 13.8 Å². The minimum Gasteiger partial charge on any atom is -0.305 e. The van der Waals surface area contributed by atoms with Crippen LogP contribution in [0.1, 0.15) is 13.8 Å². The van der Waals surface area contributed by atoms with Crippen molar-refractivity contribution in [3.8, 4) is 6.07 Å². The summed E-state index contributed by atoms with van der Waals surface area (Å²) in [5.74, 6) is 0. The molecule has 0 N–H and O–H groups in total. The highest BCUT2D eigenvalue weighted by Crippen LogP contribution is 2.54. The second-order valence-corrected chi connectivity index (χ2v) is 3.94. The van der Waals surface area contributed by atoms with E-state index in [1.807, 2.05) is 0 Å². The van der Waals surface area contributed by atoms with Gasteiger partial charge in [0.1, 0.15) is 11.4 Å². The molecule has 0 radical (unpaired) electrons. The summed E-state index contributed by atoms with van der Waals surface area (Å²) < 4.78 is 21.2. The molecule has 0 heterocycles. The van der Waals surface area contributed by atoms with Crippen LogP contribution < -0.4 is 0 Å². The highest BCUT2D eigenvalue weighted by atomic mass is 31.2. The fourth-order valence-corrected chi connectivity index (χ4v) is 1.78. The van der Waals surface area contributed by atoms with Gasteiger partial charge in [-0.2, -0.15) is 5.26 Å². The van der Waals surface area contributed by atoms with E-state index in [2.05, 4.69) is 6.58 Å². The first-order valence-electron chi connectivity index (χ1n) is 3.59. The van der Waals surface area contributed by atoms with E-state index < -0.39 is 7.60 Å². The van der Waals surface area contributed by atoms with E-state index in [1.165, 1.54) is 0 Å².